The van der Waals surface area contributed by atoms with Crippen molar-refractivity contribution in [2.45, 2.75) is 19.7 Å². The first-order valence-electron chi connectivity index (χ1n) is 4.86. The van der Waals surface area contributed by atoms with Crippen LogP contribution in [0.2, 0.25) is 5.02 Å². The lowest BCUT2D eigenvalue weighted by atomic mass is 10.2. The molecule has 0 aromatic carbocycles. The Hall–Kier alpha value is -1.06. The molecule has 0 N–H and O–H groups in total. The van der Waals surface area contributed by atoms with Gasteiger partial charge in [0.15, 0.2) is 5.82 Å². The minimum absolute atomic E-state index is 0.463. The van der Waals surface area contributed by atoms with E-state index in [9.17, 15) is 0 Å². The molecule has 3 nitrogen and oxygen atoms in total. The van der Waals surface area contributed by atoms with Gasteiger partial charge in [0.1, 0.15) is 0 Å². The van der Waals surface area contributed by atoms with Crippen molar-refractivity contribution >= 4 is 23.2 Å². The van der Waals surface area contributed by atoms with Crippen LogP contribution in [0.1, 0.15) is 17.0 Å². The minimum Gasteiger partial charge on any atom is -0.234 e. The molecule has 2 aromatic heterocycles. The lowest BCUT2D eigenvalue weighted by molar-refractivity contribution is 0.824. The van der Waals surface area contributed by atoms with Gasteiger partial charge in [-0.25, -0.2) is 9.67 Å². The van der Waals surface area contributed by atoms with E-state index in [1.54, 1.807) is 10.9 Å². The fraction of sp³-hybridized carbons (Fsp3) is 0.273. The molecule has 16 heavy (non-hydrogen) atoms. The van der Waals surface area contributed by atoms with Crippen molar-refractivity contribution in [3.63, 3.8) is 0 Å². The van der Waals surface area contributed by atoms with Crippen LogP contribution in [0.15, 0.2) is 18.3 Å². The zero-order chi connectivity index (χ0) is 11.7. The molecule has 0 amide bonds. The monoisotopic (exact) mass is 255 g/mol. The highest BCUT2D eigenvalue weighted by Gasteiger charge is 2.06. The Morgan fingerprint density at radius 3 is 2.62 bits per heavy atom. The lowest BCUT2D eigenvalue weighted by Gasteiger charge is -2.04. The van der Waals surface area contributed by atoms with Crippen LogP contribution in [-0.4, -0.2) is 14.8 Å². The summed E-state index contributed by atoms with van der Waals surface area (Å²) >= 11 is 11.8. The highest BCUT2D eigenvalue weighted by Crippen LogP contribution is 2.17. The summed E-state index contributed by atoms with van der Waals surface area (Å²) in [5.74, 6) is 1.20. The molecule has 84 valence electrons. The average Bonchev–Trinajstić information content (AvgIpc) is 2.58. The maximum atomic E-state index is 5.96. The zero-order valence-electron chi connectivity index (χ0n) is 9.04. The molecule has 0 aliphatic rings. The summed E-state index contributed by atoms with van der Waals surface area (Å²) in [7, 11) is 0. The third-order valence-corrected chi connectivity index (χ3v) is 2.91. The molecule has 2 heterocycles. The van der Waals surface area contributed by atoms with Gasteiger partial charge in [0, 0.05) is 11.6 Å². The summed E-state index contributed by atoms with van der Waals surface area (Å²) in [5, 5.41) is 4.91. The Kier molecular flexibility index (Phi) is 3.17. The molecular formula is C11H11Cl2N3. The summed E-state index contributed by atoms with van der Waals surface area (Å²) in [6.45, 7) is 3.79. The van der Waals surface area contributed by atoms with Crippen molar-refractivity contribution in [2.75, 3.05) is 0 Å². The fourth-order valence-electron chi connectivity index (χ4n) is 1.47. The minimum atomic E-state index is 0.463. The molecule has 0 fully saturated rings. The van der Waals surface area contributed by atoms with E-state index < -0.39 is 0 Å². The van der Waals surface area contributed by atoms with Gasteiger partial charge in [-0.15, -0.1) is 11.6 Å². The molecule has 0 spiro atoms. The first kappa shape index (κ1) is 11.4. The molecular weight excluding hydrogens is 245 g/mol. The molecule has 0 saturated heterocycles. The number of pyridine rings is 1. The van der Waals surface area contributed by atoms with Gasteiger partial charge in [-0.05, 0) is 31.5 Å². The largest absolute Gasteiger partial charge is 0.234 e. The van der Waals surface area contributed by atoms with Crippen molar-refractivity contribution in [3.8, 4) is 5.82 Å². The second-order valence-corrected chi connectivity index (χ2v) is 4.29. The summed E-state index contributed by atoms with van der Waals surface area (Å²) in [5.41, 5.74) is 2.73. The third-order valence-electron chi connectivity index (χ3n) is 2.23. The van der Waals surface area contributed by atoms with Gasteiger partial charge < -0.3 is 0 Å². The van der Waals surface area contributed by atoms with Gasteiger partial charge in [0.25, 0.3) is 0 Å². The molecule has 2 rings (SSSR count). The average molecular weight is 256 g/mol. The maximum absolute atomic E-state index is 5.96. The Bertz CT molecular complexity index is 500. The Balaban J connectivity index is 2.50. The SMILES string of the molecule is Cc1cc(CCl)cc(-n2cc(Cl)c(C)n2)n1. The lowest BCUT2D eigenvalue weighted by Crippen LogP contribution is -2.01. The van der Waals surface area contributed by atoms with Crippen LogP contribution in [-0.2, 0) is 5.88 Å². The maximum Gasteiger partial charge on any atom is 0.153 e. The number of alkyl halides is 1. The van der Waals surface area contributed by atoms with Crippen LogP contribution >= 0.6 is 23.2 Å². The van der Waals surface area contributed by atoms with E-state index >= 15 is 0 Å². The molecule has 0 saturated carbocycles. The van der Waals surface area contributed by atoms with E-state index in [1.165, 1.54) is 0 Å². The number of aryl methyl sites for hydroxylation is 2. The van der Waals surface area contributed by atoms with E-state index in [2.05, 4.69) is 10.1 Å². The van der Waals surface area contributed by atoms with Crippen molar-refractivity contribution in [1.29, 1.82) is 0 Å². The Labute approximate surface area is 104 Å². The number of nitrogens with zero attached hydrogens (tertiary/aromatic N) is 3. The van der Waals surface area contributed by atoms with E-state index in [-0.39, 0.29) is 0 Å². The Morgan fingerprint density at radius 1 is 1.31 bits per heavy atom. The number of aromatic nitrogens is 3. The van der Waals surface area contributed by atoms with Crippen molar-refractivity contribution in [2.24, 2.45) is 0 Å². The number of hydrogen-bond acceptors (Lipinski definition) is 2. The standard InChI is InChI=1S/C11H11Cl2N3/c1-7-3-9(5-12)4-11(14-7)16-6-10(13)8(2)15-16/h3-4,6H,5H2,1-2H3. The third kappa shape index (κ3) is 2.20. The van der Waals surface area contributed by atoms with E-state index in [1.807, 2.05) is 26.0 Å². The number of hydrogen-bond donors (Lipinski definition) is 0. The molecule has 0 bridgehead atoms. The molecule has 0 aliphatic carbocycles. The first-order valence-corrected chi connectivity index (χ1v) is 5.77. The van der Waals surface area contributed by atoms with Crippen LogP contribution in [0.3, 0.4) is 0 Å². The van der Waals surface area contributed by atoms with Crippen LogP contribution in [0.25, 0.3) is 5.82 Å². The summed E-state index contributed by atoms with van der Waals surface area (Å²) < 4.78 is 1.67. The molecule has 0 aliphatic heterocycles. The fourth-order valence-corrected chi connectivity index (χ4v) is 1.76. The highest BCUT2D eigenvalue weighted by atomic mass is 35.5. The second kappa shape index (κ2) is 4.44. The quantitative estimate of drug-likeness (QED) is 0.772. The van der Waals surface area contributed by atoms with Crippen molar-refractivity contribution < 1.29 is 0 Å². The molecule has 0 unspecified atom stereocenters. The van der Waals surface area contributed by atoms with E-state index in [0.717, 1.165) is 22.8 Å². The van der Waals surface area contributed by atoms with Crippen LogP contribution in [0, 0.1) is 13.8 Å². The highest BCUT2D eigenvalue weighted by molar-refractivity contribution is 6.31. The summed E-state index contributed by atoms with van der Waals surface area (Å²) in [6, 6.07) is 3.86. The predicted molar refractivity (Wildman–Crippen MR) is 65.4 cm³/mol. The predicted octanol–water partition coefficient (Wildman–Crippen LogP) is 3.28. The smallest absolute Gasteiger partial charge is 0.153 e. The zero-order valence-corrected chi connectivity index (χ0v) is 10.5. The van der Waals surface area contributed by atoms with Gasteiger partial charge in [0.05, 0.1) is 16.9 Å². The van der Waals surface area contributed by atoms with Gasteiger partial charge in [-0.1, -0.05) is 11.6 Å². The van der Waals surface area contributed by atoms with Gasteiger partial charge >= 0.3 is 0 Å². The normalized spacial score (nSPS) is 10.8. The van der Waals surface area contributed by atoms with Crippen LogP contribution in [0.4, 0.5) is 0 Å². The first-order chi connectivity index (χ1) is 7.60. The van der Waals surface area contributed by atoms with Crippen LogP contribution < -0.4 is 0 Å². The van der Waals surface area contributed by atoms with E-state index in [4.69, 9.17) is 23.2 Å². The van der Waals surface area contributed by atoms with Crippen molar-refractivity contribution in [3.05, 3.63) is 40.3 Å². The van der Waals surface area contributed by atoms with E-state index in [0.29, 0.717) is 10.9 Å². The summed E-state index contributed by atoms with van der Waals surface area (Å²) in [4.78, 5) is 4.39. The van der Waals surface area contributed by atoms with Crippen molar-refractivity contribution in [1.82, 2.24) is 14.8 Å². The van der Waals surface area contributed by atoms with Crippen LogP contribution in [0.5, 0.6) is 0 Å². The number of halogens is 2. The van der Waals surface area contributed by atoms with Gasteiger partial charge in [-0.2, -0.15) is 5.10 Å². The van der Waals surface area contributed by atoms with Gasteiger partial charge in [-0.3, -0.25) is 0 Å². The van der Waals surface area contributed by atoms with Gasteiger partial charge in [0.2, 0.25) is 0 Å². The molecule has 0 atom stereocenters. The topological polar surface area (TPSA) is 30.7 Å². The second-order valence-electron chi connectivity index (χ2n) is 3.62. The molecule has 2 aromatic rings. The molecule has 0 radical (unpaired) electrons. The summed E-state index contributed by atoms with van der Waals surface area (Å²) in [6.07, 6.45) is 1.75. The Morgan fingerprint density at radius 2 is 2.06 bits per heavy atom. The number of rotatable bonds is 2. The molecule has 5 heteroatoms.